The van der Waals surface area contributed by atoms with E-state index in [2.05, 4.69) is 15.9 Å². The Morgan fingerprint density at radius 3 is 2.38 bits per heavy atom. The summed E-state index contributed by atoms with van der Waals surface area (Å²) >= 11 is 3.31. The molecule has 0 saturated heterocycles. The van der Waals surface area contributed by atoms with E-state index in [1.165, 1.54) is 14.0 Å². The third-order valence-electron chi connectivity index (χ3n) is 4.06. The largest absolute Gasteiger partial charge is 0.481 e. The maximum absolute atomic E-state index is 12.3. The van der Waals surface area contributed by atoms with Gasteiger partial charge >= 0.3 is 5.97 Å². The van der Waals surface area contributed by atoms with Gasteiger partial charge in [0, 0.05) is 23.3 Å². The third kappa shape index (κ3) is 2.62. The van der Waals surface area contributed by atoms with Crippen LogP contribution in [-0.2, 0) is 19.4 Å². The number of hydrogen-bond donors (Lipinski definition) is 1. The number of methoxy groups -OCH3 is 1. The number of benzene rings is 1. The lowest BCUT2D eigenvalue weighted by molar-refractivity contribution is -0.145. The van der Waals surface area contributed by atoms with Crippen LogP contribution in [-0.4, -0.2) is 44.2 Å². The number of rotatable bonds is 6. The molecular formula is C14H17BrO5S. The average molecular weight is 377 g/mol. The van der Waals surface area contributed by atoms with Gasteiger partial charge in [-0.2, -0.15) is 0 Å². The van der Waals surface area contributed by atoms with Crippen LogP contribution in [0.5, 0.6) is 0 Å². The Kier molecular flexibility index (Phi) is 4.46. The predicted octanol–water partition coefficient (Wildman–Crippen LogP) is 2.07. The monoisotopic (exact) mass is 376 g/mol. The highest BCUT2D eigenvalue weighted by Gasteiger charge is 2.75. The van der Waals surface area contributed by atoms with Crippen LogP contribution in [0.1, 0.15) is 18.4 Å². The lowest BCUT2D eigenvalue weighted by atomic mass is 10.0. The van der Waals surface area contributed by atoms with Crippen LogP contribution in [0, 0.1) is 5.41 Å². The number of carboxylic acids is 1. The first kappa shape index (κ1) is 16.5. The zero-order valence-corrected chi connectivity index (χ0v) is 14.1. The van der Waals surface area contributed by atoms with Gasteiger partial charge in [0.05, 0.1) is 11.9 Å². The molecule has 1 saturated carbocycles. The Labute approximate surface area is 132 Å². The molecule has 7 heteroatoms. The van der Waals surface area contributed by atoms with E-state index in [0.717, 1.165) is 4.47 Å². The first-order valence-corrected chi connectivity index (χ1v) is 9.01. The molecule has 0 amide bonds. The van der Waals surface area contributed by atoms with Crippen molar-refractivity contribution in [2.45, 2.75) is 18.1 Å². The molecule has 0 heterocycles. The molecule has 0 aliphatic heterocycles. The van der Waals surface area contributed by atoms with Crippen LogP contribution >= 0.6 is 15.9 Å². The highest BCUT2D eigenvalue weighted by atomic mass is 79.9. The van der Waals surface area contributed by atoms with Gasteiger partial charge in [-0.05, 0) is 17.7 Å². The van der Waals surface area contributed by atoms with Crippen LogP contribution in [0.15, 0.2) is 28.7 Å². The van der Waals surface area contributed by atoms with Crippen LogP contribution in [0.25, 0.3) is 0 Å². The van der Waals surface area contributed by atoms with Crippen molar-refractivity contribution in [3.63, 3.8) is 0 Å². The van der Waals surface area contributed by atoms with Crippen molar-refractivity contribution in [1.29, 1.82) is 0 Å². The minimum atomic E-state index is -3.48. The predicted molar refractivity (Wildman–Crippen MR) is 82.1 cm³/mol. The van der Waals surface area contributed by atoms with Crippen LogP contribution < -0.4 is 0 Å². The number of aliphatic carboxylic acids is 1. The van der Waals surface area contributed by atoms with Crippen molar-refractivity contribution in [1.82, 2.24) is 0 Å². The zero-order valence-electron chi connectivity index (χ0n) is 11.7. The molecule has 0 unspecified atom stereocenters. The van der Waals surface area contributed by atoms with Crippen molar-refractivity contribution in [2.24, 2.45) is 5.41 Å². The number of sulfone groups is 1. The molecule has 116 valence electrons. The molecule has 2 rings (SSSR count). The Morgan fingerprint density at radius 2 is 1.95 bits per heavy atom. The van der Waals surface area contributed by atoms with E-state index >= 15 is 0 Å². The fourth-order valence-corrected chi connectivity index (χ4v) is 5.30. The Bertz CT molecular complexity index is 640. The molecule has 1 aromatic carbocycles. The first-order chi connectivity index (χ1) is 9.81. The van der Waals surface area contributed by atoms with Gasteiger partial charge < -0.3 is 9.84 Å². The molecule has 1 aliphatic rings. The van der Waals surface area contributed by atoms with Gasteiger partial charge in [0.25, 0.3) is 0 Å². The highest BCUT2D eigenvalue weighted by Crippen LogP contribution is 2.63. The van der Waals surface area contributed by atoms with Crippen LogP contribution in [0.2, 0.25) is 0 Å². The molecule has 0 radical (unpaired) electrons. The second-order valence-corrected chi connectivity index (χ2v) is 8.51. The molecule has 1 fully saturated rings. The van der Waals surface area contributed by atoms with Gasteiger partial charge in [0.1, 0.15) is 5.41 Å². The lowest BCUT2D eigenvalue weighted by Crippen LogP contribution is -2.29. The van der Waals surface area contributed by atoms with Gasteiger partial charge in [-0.1, -0.05) is 35.0 Å². The van der Waals surface area contributed by atoms with E-state index < -0.39 is 32.4 Å². The maximum atomic E-state index is 12.3. The second-order valence-electron chi connectivity index (χ2n) is 5.18. The quantitative estimate of drug-likeness (QED) is 0.821. The maximum Gasteiger partial charge on any atom is 0.314 e. The van der Waals surface area contributed by atoms with Gasteiger partial charge in [-0.15, -0.1) is 0 Å². The smallest absolute Gasteiger partial charge is 0.314 e. The summed E-state index contributed by atoms with van der Waals surface area (Å²) in [6.45, 7) is 1.42. The van der Waals surface area contributed by atoms with Crippen LogP contribution in [0.4, 0.5) is 0 Å². The molecule has 5 nitrogen and oxygen atoms in total. The zero-order chi connectivity index (χ0) is 15.8. The third-order valence-corrected chi connectivity index (χ3v) is 6.86. The second kappa shape index (κ2) is 5.70. The van der Waals surface area contributed by atoms with E-state index in [-0.39, 0.29) is 12.4 Å². The standard InChI is InChI=1S/C14H17BrO5S/c1-3-21(18,19)12-11(9-4-6-10(15)7-5-9)14(12,8-20-2)13(16)17/h4-7,11-12H,3,8H2,1-2H3,(H,16,17)/t11-,12+,14-/m1/s1. The van der Waals surface area contributed by atoms with Crippen molar-refractivity contribution in [3.8, 4) is 0 Å². The molecule has 1 aromatic rings. The summed E-state index contributed by atoms with van der Waals surface area (Å²) < 4.78 is 30.4. The minimum absolute atomic E-state index is 0.0799. The van der Waals surface area contributed by atoms with Crippen molar-refractivity contribution < 1.29 is 23.1 Å². The van der Waals surface area contributed by atoms with Crippen LogP contribution in [0.3, 0.4) is 0 Å². The summed E-state index contributed by atoms with van der Waals surface area (Å²) in [4.78, 5) is 11.7. The highest BCUT2D eigenvalue weighted by molar-refractivity contribution is 9.10. The van der Waals surface area contributed by atoms with E-state index in [4.69, 9.17) is 4.74 Å². The molecular weight excluding hydrogens is 360 g/mol. The number of hydrogen-bond acceptors (Lipinski definition) is 4. The fraction of sp³-hybridized carbons (Fsp3) is 0.500. The minimum Gasteiger partial charge on any atom is -0.481 e. The van der Waals surface area contributed by atoms with E-state index in [0.29, 0.717) is 5.56 Å². The molecule has 0 spiro atoms. The average Bonchev–Trinajstić information content (AvgIpc) is 3.11. The van der Waals surface area contributed by atoms with Gasteiger partial charge in [-0.3, -0.25) is 4.79 Å². The summed E-state index contributed by atoms with van der Waals surface area (Å²) in [5, 5.41) is 8.66. The summed E-state index contributed by atoms with van der Waals surface area (Å²) in [6, 6.07) is 7.08. The normalized spacial score (nSPS) is 28.3. The van der Waals surface area contributed by atoms with Gasteiger partial charge in [0.15, 0.2) is 9.84 Å². The van der Waals surface area contributed by atoms with E-state index in [1.54, 1.807) is 24.3 Å². The number of halogens is 1. The van der Waals surface area contributed by atoms with E-state index in [9.17, 15) is 18.3 Å². The molecule has 0 aromatic heterocycles. The summed E-state index contributed by atoms with van der Waals surface area (Å²) in [5.74, 6) is -1.78. The molecule has 0 bridgehead atoms. The number of carbonyl (C=O) groups is 1. The lowest BCUT2D eigenvalue weighted by Gasteiger charge is -2.11. The molecule has 1 aliphatic carbocycles. The van der Waals surface area contributed by atoms with Crippen molar-refractivity contribution in [3.05, 3.63) is 34.3 Å². The summed E-state index contributed by atoms with van der Waals surface area (Å²) in [7, 11) is -2.09. The van der Waals surface area contributed by atoms with Gasteiger partial charge in [-0.25, -0.2) is 8.42 Å². The molecule has 3 atom stereocenters. The molecule has 21 heavy (non-hydrogen) atoms. The summed E-state index contributed by atoms with van der Waals surface area (Å²) in [5.41, 5.74) is -0.683. The number of ether oxygens (including phenoxy) is 1. The van der Waals surface area contributed by atoms with E-state index in [1.807, 2.05) is 0 Å². The van der Waals surface area contributed by atoms with Crippen molar-refractivity contribution in [2.75, 3.05) is 19.5 Å². The fourth-order valence-electron chi connectivity index (χ4n) is 2.98. The van der Waals surface area contributed by atoms with Gasteiger partial charge in [0.2, 0.25) is 0 Å². The Morgan fingerprint density at radius 1 is 1.38 bits per heavy atom. The number of carboxylic acid groups (broad SMARTS) is 1. The first-order valence-electron chi connectivity index (χ1n) is 6.50. The van der Waals surface area contributed by atoms with Crippen molar-refractivity contribution >= 4 is 31.7 Å². The topological polar surface area (TPSA) is 80.7 Å². The molecule has 1 N–H and O–H groups in total. The SMILES string of the molecule is CCS(=O)(=O)[C@H]1[C@@H](c2ccc(Br)cc2)[C@@]1(COC)C(=O)O. The Balaban J connectivity index is 2.51. The Hall–Kier alpha value is -0.920. The summed E-state index contributed by atoms with van der Waals surface area (Å²) in [6.07, 6.45) is 0.